The summed E-state index contributed by atoms with van der Waals surface area (Å²) in [5, 5.41) is 13.4. The summed E-state index contributed by atoms with van der Waals surface area (Å²) in [5.41, 5.74) is 1.06. The van der Waals surface area contributed by atoms with Crippen molar-refractivity contribution in [2.24, 2.45) is 11.8 Å². The van der Waals surface area contributed by atoms with E-state index in [4.69, 9.17) is 0 Å². The summed E-state index contributed by atoms with van der Waals surface area (Å²) in [6, 6.07) is 0. The van der Waals surface area contributed by atoms with E-state index in [9.17, 15) is 9.90 Å². The zero-order chi connectivity index (χ0) is 13.1. The van der Waals surface area contributed by atoms with E-state index in [0.29, 0.717) is 0 Å². The Morgan fingerprint density at radius 2 is 2.17 bits per heavy atom. The van der Waals surface area contributed by atoms with Crippen LogP contribution in [0.25, 0.3) is 0 Å². The number of thiazole rings is 1. The van der Waals surface area contributed by atoms with Crippen LogP contribution in [0.4, 0.5) is 5.13 Å². The van der Waals surface area contributed by atoms with Gasteiger partial charge in [0, 0.05) is 11.4 Å². The lowest BCUT2D eigenvalue weighted by molar-refractivity contribution is -0.144. The van der Waals surface area contributed by atoms with Crippen LogP contribution in [0, 0.1) is 25.7 Å². The predicted molar refractivity (Wildman–Crippen MR) is 73.2 cm³/mol. The lowest BCUT2D eigenvalue weighted by Gasteiger charge is -2.28. The first-order valence-corrected chi connectivity index (χ1v) is 7.30. The van der Waals surface area contributed by atoms with E-state index in [-0.39, 0.29) is 11.8 Å². The molecule has 0 saturated heterocycles. The highest BCUT2D eigenvalue weighted by Crippen LogP contribution is 2.31. The Balaban J connectivity index is 1.93. The van der Waals surface area contributed by atoms with Gasteiger partial charge < -0.3 is 10.4 Å². The van der Waals surface area contributed by atoms with E-state index < -0.39 is 5.97 Å². The van der Waals surface area contributed by atoms with Crippen LogP contribution in [0.15, 0.2) is 0 Å². The van der Waals surface area contributed by atoms with Crippen molar-refractivity contribution in [1.82, 2.24) is 4.98 Å². The van der Waals surface area contributed by atoms with Gasteiger partial charge in [-0.3, -0.25) is 4.79 Å². The number of anilines is 1. The summed E-state index contributed by atoms with van der Waals surface area (Å²) in [7, 11) is 0. The average molecular weight is 268 g/mol. The average Bonchev–Trinajstić information content (AvgIpc) is 2.66. The van der Waals surface area contributed by atoms with Crippen LogP contribution in [0.1, 0.15) is 36.3 Å². The maximum Gasteiger partial charge on any atom is 0.306 e. The minimum atomic E-state index is -0.645. The van der Waals surface area contributed by atoms with Gasteiger partial charge in [-0.1, -0.05) is 12.8 Å². The maximum absolute atomic E-state index is 11.2. The molecule has 4 nitrogen and oxygen atoms in total. The Kier molecular flexibility index (Phi) is 4.22. The summed E-state index contributed by atoms with van der Waals surface area (Å²) in [4.78, 5) is 16.8. The number of carbonyl (C=O) groups is 1. The molecular formula is C13H20N2O2S. The molecule has 18 heavy (non-hydrogen) atoms. The molecule has 0 aliphatic heterocycles. The SMILES string of the molecule is Cc1nc(NCC2CCCCC2C(=O)O)sc1C. The highest BCUT2D eigenvalue weighted by atomic mass is 32.1. The molecule has 1 heterocycles. The fraction of sp³-hybridized carbons (Fsp3) is 0.692. The summed E-state index contributed by atoms with van der Waals surface area (Å²) in [6.07, 6.45) is 4.01. The number of rotatable bonds is 4. The number of aliphatic carboxylic acids is 1. The van der Waals surface area contributed by atoms with Gasteiger partial charge in [-0.15, -0.1) is 11.3 Å². The number of carboxylic acid groups (broad SMARTS) is 1. The van der Waals surface area contributed by atoms with Gasteiger partial charge in [0.15, 0.2) is 5.13 Å². The molecular weight excluding hydrogens is 248 g/mol. The Morgan fingerprint density at radius 1 is 1.44 bits per heavy atom. The van der Waals surface area contributed by atoms with Crippen LogP contribution in [0.3, 0.4) is 0 Å². The first-order valence-electron chi connectivity index (χ1n) is 6.48. The van der Waals surface area contributed by atoms with E-state index >= 15 is 0 Å². The molecule has 1 aliphatic carbocycles. The Bertz CT molecular complexity index is 411. The summed E-state index contributed by atoms with van der Waals surface area (Å²) in [5.74, 6) is -0.595. The van der Waals surface area contributed by atoms with Crippen LogP contribution in [0.2, 0.25) is 0 Å². The normalized spacial score (nSPS) is 23.9. The van der Waals surface area contributed by atoms with E-state index in [2.05, 4.69) is 17.2 Å². The Labute approximate surface area is 111 Å². The molecule has 1 aliphatic rings. The smallest absolute Gasteiger partial charge is 0.306 e. The monoisotopic (exact) mass is 268 g/mol. The molecule has 2 rings (SSSR count). The molecule has 1 aromatic rings. The molecule has 0 aromatic carbocycles. The molecule has 2 N–H and O–H groups in total. The van der Waals surface area contributed by atoms with Crippen LogP contribution in [0.5, 0.6) is 0 Å². The fourth-order valence-electron chi connectivity index (χ4n) is 2.54. The molecule has 2 unspecified atom stereocenters. The number of aromatic nitrogens is 1. The lowest BCUT2D eigenvalue weighted by atomic mass is 9.79. The molecule has 100 valence electrons. The lowest BCUT2D eigenvalue weighted by Crippen LogP contribution is -2.31. The van der Waals surface area contributed by atoms with Crippen LogP contribution < -0.4 is 5.32 Å². The van der Waals surface area contributed by atoms with E-state index in [1.165, 1.54) is 4.88 Å². The fourth-order valence-corrected chi connectivity index (χ4v) is 3.37. The van der Waals surface area contributed by atoms with Gasteiger partial charge in [-0.25, -0.2) is 4.98 Å². The third kappa shape index (κ3) is 3.02. The van der Waals surface area contributed by atoms with Crippen LogP contribution in [-0.2, 0) is 4.79 Å². The van der Waals surface area contributed by atoms with Crippen LogP contribution >= 0.6 is 11.3 Å². The first kappa shape index (κ1) is 13.3. The molecule has 0 spiro atoms. The van der Waals surface area contributed by atoms with E-state index in [1.807, 2.05) is 6.92 Å². The third-order valence-electron chi connectivity index (χ3n) is 3.77. The Hall–Kier alpha value is -1.10. The van der Waals surface area contributed by atoms with Crippen LogP contribution in [-0.4, -0.2) is 22.6 Å². The summed E-state index contributed by atoms with van der Waals surface area (Å²) < 4.78 is 0. The second-order valence-corrected chi connectivity index (χ2v) is 6.23. The molecule has 5 heteroatoms. The molecule has 1 saturated carbocycles. The van der Waals surface area contributed by atoms with Crippen molar-refractivity contribution in [1.29, 1.82) is 0 Å². The number of hydrogen-bond acceptors (Lipinski definition) is 4. The molecule has 0 amide bonds. The van der Waals surface area contributed by atoms with Crippen molar-refractivity contribution in [3.63, 3.8) is 0 Å². The second kappa shape index (κ2) is 5.69. The van der Waals surface area contributed by atoms with Crippen molar-refractivity contribution in [2.45, 2.75) is 39.5 Å². The van der Waals surface area contributed by atoms with Gasteiger partial charge in [0.25, 0.3) is 0 Å². The molecule has 0 radical (unpaired) electrons. The van der Waals surface area contributed by atoms with Gasteiger partial charge in [0.05, 0.1) is 11.6 Å². The summed E-state index contributed by atoms with van der Waals surface area (Å²) in [6.45, 7) is 4.78. The summed E-state index contributed by atoms with van der Waals surface area (Å²) >= 11 is 1.64. The predicted octanol–water partition coefficient (Wildman–Crippen LogP) is 3.06. The Morgan fingerprint density at radius 3 is 2.78 bits per heavy atom. The zero-order valence-corrected chi connectivity index (χ0v) is 11.7. The quantitative estimate of drug-likeness (QED) is 0.881. The minimum absolute atomic E-state index is 0.187. The van der Waals surface area contributed by atoms with Gasteiger partial charge in [-0.2, -0.15) is 0 Å². The van der Waals surface area contributed by atoms with Gasteiger partial charge in [0.1, 0.15) is 0 Å². The second-order valence-electron chi connectivity index (χ2n) is 5.03. The highest BCUT2D eigenvalue weighted by molar-refractivity contribution is 7.15. The number of nitrogens with zero attached hydrogens (tertiary/aromatic N) is 1. The van der Waals surface area contributed by atoms with Crippen molar-refractivity contribution >= 4 is 22.4 Å². The van der Waals surface area contributed by atoms with Crippen molar-refractivity contribution in [3.8, 4) is 0 Å². The van der Waals surface area contributed by atoms with Gasteiger partial charge >= 0.3 is 5.97 Å². The number of nitrogens with one attached hydrogen (secondary N) is 1. The molecule has 2 atom stereocenters. The van der Waals surface area contributed by atoms with Gasteiger partial charge in [-0.05, 0) is 32.6 Å². The van der Waals surface area contributed by atoms with Gasteiger partial charge in [0.2, 0.25) is 0 Å². The van der Waals surface area contributed by atoms with Crippen molar-refractivity contribution in [3.05, 3.63) is 10.6 Å². The maximum atomic E-state index is 11.2. The molecule has 1 fully saturated rings. The first-order chi connectivity index (χ1) is 8.58. The molecule has 0 bridgehead atoms. The zero-order valence-electron chi connectivity index (χ0n) is 10.9. The topological polar surface area (TPSA) is 62.2 Å². The minimum Gasteiger partial charge on any atom is -0.481 e. The third-order valence-corrected chi connectivity index (χ3v) is 4.80. The number of carboxylic acids is 1. The molecule has 1 aromatic heterocycles. The van der Waals surface area contributed by atoms with E-state index in [0.717, 1.165) is 43.1 Å². The highest BCUT2D eigenvalue weighted by Gasteiger charge is 2.30. The standard InChI is InChI=1S/C13H20N2O2S/c1-8-9(2)18-13(15-8)14-7-10-5-3-4-6-11(10)12(16)17/h10-11H,3-7H2,1-2H3,(H,14,15)(H,16,17). The van der Waals surface area contributed by atoms with Crippen molar-refractivity contribution < 1.29 is 9.90 Å². The number of hydrogen-bond donors (Lipinski definition) is 2. The number of aryl methyl sites for hydroxylation is 2. The van der Waals surface area contributed by atoms with E-state index in [1.54, 1.807) is 11.3 Å². The van der Waals surface area contributed by atoms with Crippen molar-refractivity contribution in [2.75, 3.05) is 11.9 Å². The largest absolute Gasteiger partial charge is 0.481 e.